The van der Waals surface area contributed by atoms with Gasteiger partial charge in [-0.05, 0) is 32.1 Å². The van der Waals surface area contributed by atoms with E-state index in [-0.39, 0.29) is 24.0 Å². The van der Waals surface area contributed by atoms with Gasteiger partial charge in [0.2, 0.25) is 5.91 Å². The maximum absolute atomic E-state index is 11.6. The first-order valence-corrected chi connectivity index (χ1v) is 6.91. The van der Waals surface area contributed by atoms with Gasteiger partial charge in [-0.25, -0.2) is 0 Å². The normalized spacial score (nSPS) is 32.7. The van der Waals surface area contributed by atoms with Crippen molar-refractivity contribution in [1.29, 1.82) is 0 Å². The highest BCUT2D eigenvalue weighted by Crippen LogP contribution is 2.35. The Morgan fingerprint density at radius 3 is 3.00 bits per heavy atom. The first-order valence-electron chi connectivity index (χ1n) is 6.91. The number of fused-ring (bicyclic) bond motifs is 1. The van der Waals surface area contributed by atoms with Gasteiger partial charge in [0.25, 0.3) is 0 Å². The zero-order chi connectivity index (χ0) is 12.3. The van der Waals surface area contributed by atoms with E-state index in [9.17, 15) is 9.90 Å². The van der Waals surface area contributed by atoms with Gasteiger partial charge in [0.15, 0.2) is 0 Å². The Bertz CT molecular complexity index is 311. The number of carbonyl (C=O) groups excluding carboxylic acids is 1. The summed E-state index contributed by atoms with van der Waals surface area (Å²) in [4.78, 5) is 11.6. The van der Waals surface area contributed by atoms with Crippen molar-refractivity contribution in [1.82, 2.24) is 5.32 Å². The van der Waals surface area contributed by atoms with Gasteiger partial charge in [-0.15, -0.1) is 0 Å². The largest absolute Gasteiger partial charge is 0.392 e. The Hall–Kier alpha value is -0.830. The molecule has 2 aliphatic rings. The zero-order valence-electron chi connectivity index (χ0n) is 10.6. The van der Waals surface area contributed by atoms with Crippen LogP contribution in [0.4, 0.5) is 0 Å². The Morgan fingerprint density at radius 2 is 2.24 bits per heavy atom. The molecule has 2 N–H and O–H groups in total. The summed E-state index contributed by atoms with van der Waals surface area (Å²) in [6.45, 7) is 2.18. The smallest absolute Gasteiger partial charge is 0.244 e. The number of carbonyl (C=O) groups is 1. The fourth-order valence-corrected chi connectivity index (χ4v) is 3.15. The van der Waals surface area contributed by atoms with Crippen molar-refractivity contribution in [3.05, 3.63) is 11.6 Å². The standard InChI is InChI=1S/C14H23NO2/c1-2-3-4-6-10-9-13(17)15-11-7-5-8-12(16)14(10)11/h9,11-12,14,16H,2-8H2,1H3,(H,15,17). The number of aliphatic hydroxyl groups excluding tert-OH is 1. The van der Waals surface area contributed by atoms with Crippen LogP contribution >= 0.6 is 0 Å². The topological polar surface area (TPSA) is 49.3 Å². The summed E-state index contributed by atoms with van der Waals surface area (Å²) < 4.78 is 0. The summed E-state index contributed by atoms with van der Waals surface area (Å²) in [7, 11) is 0. The highest BCUT2D eigenvalue weighted by molar-refractivity contribution is 5.89. The molecule has 0 radical (unpaired) electrons. The maximum Gasteiger partial charge on any atom is 0.244 e. The van der Waals surface area contributed by atoms with E-state index in [4.69, 9.17) is 0 Å². The predicted octanol–water partition coefficient (Wildman–Crippen LogP) is 2.15. The molecule has 96 valence electrons. The summed E-state index contributed by atoms with van der Waals surface area (Å²) in [5.41, 5.74) is 1.18. The third kappa shape index (κ3) is 2.89. The van der Waals surface area contributed by atoms with Crippen molar-refractivity contribution >= 4 is 5.91 Å². The number of amides is 1. The predicted molar refractivity (Wildman–Crippen MR) is 67.5 cm³/mol. The second kappa shape index (κ2) is 5.67. The van der Waals surface area contributed by atoms with Gasteiger partial charge in [0.05, 0.1) is 6.10 Å². The number of nitrogens with one attached hydrogen (secondary N) is 1. The molecule has 17 heavy (non-hydrogen) atoms. The second-order valence-corrected chi connectivity index (χ2v) is 5.32. The van der Waals surface area contributed by atoms with Gasteiger partial charge in [0.1, 0.15) is 0 Å². The Morgan fingerprint density at radius 1 is 1.41 bits per heavy atom. The van der Waals surface area contributed by atoms with Crippen molar-refractivity contribution in [3.8, 4) is 0 Å². The molecule has 1 fully saturated rings. The molecule has 3 unspecified atom stereocenters. The van der Waals surface area contributed by atoms with Crippen LogP contribution < -0.4 is 5.32 Å². The molecule has 0 aromatic heterocycles. The van der Waals surface area contributed by atoms with E-state index in [1.54, 1.807) is 6.08 Å². The van der Waals surface area contributed by atoms with Crippen LogP contribution in [0.5, 0.6) is 0 Å². The Kier molecular flexibility index (Phi) is 4.21. The van der Waals surface area contributed by atoms with E-state index in [2.05, 4.69) is 12.2 Å². The molecule has 1 amide bonds. The molecule has 0 aromatic rings. The molecular weight excluding hydrogens is 214 g/mol. The molecule has 1 saturated carbocycles. The van der Waals surface area contributed by atoms with Crippen molar-refractivity contribution in [2.75, 3.05) is 0 Å². The van der Waals surface area contributed by atoms with Gasteiger partial charge in [-0.2, -0.15) is 0 Å². The molecule has 0 spiro atoms. The van der Waals surface area contributed by atoms with Gasteiger partial charge in [0, 0.05) is 18.0 Å². The van der Waals surface area contributed by atoms with Gasteiger partial charge < -0.3 is 10.4 Å². The lowest BCUT2D eigenvalue weighted by Crippen LogP contribution is -2.50. The van der Waals surface area contributed by atoms with E-state index in [0.29, 0.717) is 0 Å². The summed E-state index contributed by atoms with van der Waals surface area (Å²) in [5.74, 6) is 0.213. The molecule has 0 bridgehead atoms. The molecular formula is C14H23NO2. The lowest BCUT2D eigenvalue weighted by Gasteiger charge is -2.40. The van der Waals surface area contributed by atoms with Crippen LogP contribution in [0.25, 0.3) is 0 Å². The summed E-state index contributed by atoms with van der Waals surface area (Å²) in [5, 5.41) is 13.1. The van der Waals surface area contributed by atoms with E-state index >= 15 is 0 Å². The third-order valence-corrected chi connectivity index (χ3v) is 4.00. The highest BCUT2D eigenvalue weighted by atomic mass is 16.3. The average Bonchev–Trinajstić information content (AvgIpc) is 2.28. The van der Waals surface area contributed by atoms with E-state index in [1.807, 2.05) is 0 Å². The zero-order valence-corrected chi connectivity index (χ0v) is 10.6. The third-order valence-electron chi connectivity index (χ3n) is 4.00. The summed E-state index contributed by atoms with van der Waals surface area (Å²) in [6, 6.07) is 0.174. The van der Waals surface area contributed by atoms with Gasteiger partial charge in [-0.1, -0.05) is 25.3 Å². The average molecular weight is 237 g/mol. The van der Waals surface area contributed by atoms with Gasteiger partial charge in [-0.3, -0.25) is 4.79 Å². The molecule has 2 rings (SSSR count). The Balaban J connectivity index is 2.06. The summed E-state index contributed by atoms with van der Waals surface area (Å²) >= 11 is 0. The van der Waals surface area contributed by atoms with E-state index in [0.717, 1.165) is 32.1 Å². The van der Waals surface area contributed by atoms with Crippen molar-refractivity contribution in [2.24, 2.45) is 5.92 Å². The monoisotopic (exact) mass is 237 g/mol. The number of aliphatic hydroxyl groups is 1. The maximum atomic E-state index is 11.6. The number of rotatable bonds is 4. The fourth-order valence-electron chi connectivity index (χ4n) is 3.15. The van der Waals surface area contributed by atoms with Crippen molar-refractivity contribution < 1.29 is 9.90 Å². The lowest BCUT2D eigenvalue weighted by molar-refractivity contribution is -0.119. The molecule has 1 aliphatic heterocycles. The van der Waals surface area contributed by atoms with E-state index < -0.39 is 0 Å². The molecule has 1 heterocycles. The first kappa shape index (κ1) is 12.6. The molecule has 3 nitrogen and oxygen atoms in total. The fraction of sp³-hybridized carbons (Fsp3) is 0.786. The van der Waals surface area contributed by atoms with E-state index in [1.165, 1.54) is 18.4 Å². The lowest BCUT2D eigenvalue weighted by atomic mass is 9.74. The van der Waals surface area contributed by atoms with Crippen LogP contribution in [0.3, 0.4) is 0 Å². The minimum Gasteiger partial charge on any atom is -0.392 e. The SMILES string of the molecule is CCCCCC1=CC(=O)NC2CCCC(O)C12. The molecule has 0 aromatic carbocycles. The quantitative estimate of drug-likeness (QED) is 0.736. The van der Waals surface area contributed by atoms with Crippen LogP contribution in [0.1, 0.15) is 51.9 Å². The number of hydrogen-bond acceptors (Lipinski definition) is 2. The molecule has 1 aliphatic carbocycles. The minimum absolute atomic E-state index is 0.0341. The highest BCUT2D eigenvalue weighted by Gasteiger charge is 2.37. The first-order chi connectivity index (χ1) is 8.22. The van der Waals surface area contributed by atoms with Gasteiger partial charge >= 0.3 is 0 Å². The molecule has 3 heteroatoms. The van der Waals surface area contributed by atoms with Crippen molar-refractivity contribution in [3.63, 3.8) is 0 Å². The summed E-state index contributed by atoms with van der Waals surface area (Å²) in [6.07, 6.45) is 8.87. The van der Waals surface area contributed by atoms with Crippen molar-refractivity contribution in [2.45, 2.75) is 64.0 Å². The molecule has 3 atom stereocenters. The minimum atomic E-state index is -0.262. The Labute approximate surface area is 103 Å². The number of unbranched alkanes of at least 4 members (excludes halogenated alkanes) is 2. The van der Waals surface area contributed by atoms with Crippen LogP contribution in [0, 0.1) is 5.92 Å². The van der Waals surface area contributed by atoms with Crippen LogP contribution in [0.15, 0.2) is 11.6 Å². The molecule has 0 saturated heterocycles. The second-order valence-electron chi connectivity index (χ2n) is 5.32. The number of hydrogen-bond donors (Lipinski definition) is 2. The van der Waals surface area contributed by atoms with Crippen LogP contribution in [-0.2, 0) is 4.79 Å². The van der Waals surface area contributed by atoms with Crippen LogP contribution in [0.2, 0.25) is 0 Å². The van der Waals surface area contributed by atoms with Crippen LogP contribution in [-0.4, -0.2) is 23.2 Å².